The van der Waals surface area contributed by atoms with E-state index in [0.29, 0.717) is 18.9 Å². The fraction of sp³-hybridized carbons (Fsp3) is 0.615. The van der Waals surface area contributed by atoms with Crippen molar-refractivity contribution in [2.24, 2.45) is 5.92 Å². The lowest BCUT2D eigenvalue weighted by Gasteiger charge is -2.22. The van der Waals surface area contributed by atoms with Gasteiger partial charge in [-0.05, 0) is 25.2 Å². The van der Waals surface area contributed by atoms with Crippen LogP contribution < -0.4 is 0 Å². The Morgan fingerprint density at radius 1 is 1.42 bits per heavy atom. The summed E-state index contributed by atoms with van der Waals surface area (Å²) < 4.78 is 5.15. The molecule has 0 aromatic carbocycles. The summed E-state index contributed by atoms with van der Waals surface area (Å²) in [6, 6.07) is 0.899. The van der Waals surface area contributed by atoms with Crippen LogP contribution in [-0.2, 0) is 4.79 Å². The van der Waals surface area contributed by atoms with Crippen molar-refractivity contribution < 1.29 is 19.2 Å². The standard InChI is InChI=1S/C13H16N2O4/c1-7-4-5-15(11(7)13(17)18)12(16)9-6-10(19-14-9)8-2-3-8/h6-8,11H,2-5H2,1H3,(H,17,18). The highest BCUT2D eigenvalue weighted by Gasteiger charge is 2.41. The number of carboxylic acids is 1. The van der Waals surface area contributed by atoms with E-state index in [1.165, 1.54) is 4.90 Å². The van der Waals surface area contributed by atoms with Gasteiger partial charge in [-0.15, -0.1) is 0 Å². The van der Waals surface area contributed by atoms with E-state index < -0.39 is 12.0 Å². The van der Waals surface area contributed by atoms with Gasteiger partial charge in [0.05, 0.1) is 0 Å². The van der Waals surface area contributed by atoms with Crippen molar-refractivity contribution in [3.05, 3.63) is 17.5 Å². The predicted molar refractivity (Wildman–Crippen MR) is 64.7 cm³/mol. The molecule has 2 aliphatic rings. The van der Waals surface area contributed by atoms with Crippen LogP contribution in [-0.4, -0.2) is 39.6 Å². The highest BCUT2D eigenvalue weighted by atomic mass is 16.5. The van der Waals surface area contributed by atoms with Crippen LogP contribution >= 0.6 is 0 Å². The summed E-state index contributed by atoms with van der Waals surface area (Å²) in [5, 5.41) is 13.0. The van der Waals surface area contributed by atoms with Crippen LogP contribution in [0.25, 0.3) is 0 Å². The number of hydrogen-bond acceptors (Lipinski definition) is 4. The van der Waals surface area contributed by atoms with Crippen molar-refractivity contribution in [3.63, 3.8) is 0 Å². The first-order valence-electron chi connectivity index (χ1n) is 6.58. The quantitative estimate of drug-likeness (QED) is 0.894. The number of likely N-dealkylation sites (tertiary alicyclic amines) is 1. The minimum absolute atomic E-state index is 0.0312. The largest absolute Gasteiger partial charge is 0.480 e. The number of carbonyl (C=O) groups excluding carboxylic acids is 1. The molecule has 0 radical (unpaired) electrons. The molecular weight excluding hydrogens is 248 g/mol. The van der Waals surface area contributed by atoms with Gasteiger partial charge in [-0.25, -0.2) is 4.79 Å². The van der Waals surface area contributed by atoms with Crippen molar-refractivity contribution >= 4 is 11.9 Å². The van der Waals surface area contributed by atoms with Crippen molar-refractivity contribution in [1.29, 1.82) is 0 Å². The van der Waals surface area contributed by atoms with E-state index >= 15 is 0 Å². The number of amides is 1. The minimum atomic E-state index is -0.954. The van der Waals surface area contributed by atoms with Crippen LogP contribution in [0.1, 0.15) is 48.4 Å². The first-order valence-corrected chi connectivity index (χ1v) is 6.58. The zero-order chi connectivity index (χ0) is 13.6. The summed E-state index contributed by atoms with van der Waals surface area (Å²) in [6.07, 6.45) is 2.85. The number of carboxylic acid groups (broad SMARTS) is 1. The predicted octanol–water partition coefficient (Wildman–Crippen LogP) is 1.49. The van der Waals surface area contributed by atoms with Crippen molar-refractivity contribution in [2.45, 2.75) is 38.1 Å². The summed E-state index contributed by atoms with van der Waals surface area (Å²) in [6.45, 7) is 2.31. The molecule has 3 rings (SSSR count). The van der Waals surface area contributed by atoms with Crippen LogP contribution in [0.4, 0.5) is 0 Å². The van der Waals surface area contributed by atoms with E-state index in [2.05, 4.69) is 5.16 Å². The second-order valence-corrected chi connectivity index (χ2v) is 5.44. The molecule has 2 fully saturated rings. The lowest BCUT2D eigenvalue weighted by molar-refractivity contribution is -0.142. The van der Waals surface area contributed by atoms with E-state index in [4.69, 9.17) is 4.52 Å². The molecule has 0 bridgehead atoms. The fourth-order valence-corrected chi connectivity index (χ4v) is 2.65. The molecular formula is C13H16N2O4. The number of nitrogens with zero attached hydrogens (tertiary/aromatic N) is 2. The van der Waals surface area contributed by atoms with E-state index in [9.17, 15) is 14.7 Å². The van der Waals surface area contributed by atoms with Gasteiger partial charge in [0.15, 0.2) is 5.69 Å². The molecule has 1 aromatic rings. The van der Waals surface area contributed by atoms with Crippen molar-refractivity contribution in [2.75, 3.05) is 6.54 Å². The Balaban J connectivity index is 1.80. The first-order chi connectivity index (χ1) is 9.08. The Kier molecular flexibility index (Phi) is 2.80. The molecule has 1 saturated heterocycles. The van der Waals surface area contributed by atoms with Crippen LogP contribution in [0.5, 0.6) is 0 Å². The summed E-state index contributed by atoms with van der Waals surface area (Å²) in [7, 11) is 0. The Morgan fingerprint density at radius 2 is 2.16 bits per heavy atom. The maximum atomic E-state index is 12.3. The molecule has 6 nitrogen and oxygen atoms in total. The number of carbonyl (C=O) groups is 2. The summed E-state index contributed by atoms with van der Waals surface area (Å²) >= 11 is 0. The van der Waals surface area contributed by atoms with Gasteiger partial charge >= 0.3 is 5.97 Å². The highest BCUT2D eigenvalue weighted by Crippen LogP contribution is 2.40. The molecule has 2 unspecified atom stereocenters. The lowest BCUT2D eigenvalue weighted by Crippen LogP contribution is -2.42. The van der Waals surface area contributed by atoms with E-state index in [0.717, 1.165) is 18.6 Å². The third kappa shape index (κ3) is 2.11. The Bertz CT molecular complexity index is 520. The molecule has 1 N–H and O–H groups in total. The molecule has 1 aromatic heterocycles. The number of rotatable bonds is 3. The molecule has 1 aliphatic heterocycles. The van der Waals surface area contributed by atoms with Crippen LogP contribution in [0.15, 0.2) is 10.6 Å². The zero-order valence-corrected chi connectivity index (χ0v) is 10.7. The molecule has 0 spiro atoms. The smallest absolute Gasteiger partial charge is 0.326 e. The van der Waals surface area contributed by atoms with Gasteiger partial charge < -0.3 is 14.5 Å². The molecule has 1 saturated carbocycles. The number of hydrogen-bond donors (Lipinski definition) is 1. The third-order valence-corrected chi connectivity index (χ3v) is 3.94. The molecule has 19 heavy (non-hydrogen) atoms. The average molecular weight is 264 g/mol. The van der Waals surface area contributed by atoms with Crippen molar-refractivity contribution in [1.82, 2.24) is 10.1 Å². The lowest BCUT2D eigenvalue weighted by atomic mass is 10.0. The second kappa shape index (κ2) is 4.36. The molecule has 1 aliphatic carbocycles. The molecule has 1 amide bonds. The van der Waals surface area contributed by atoms with Crippen LogP contribution in [0.3, 0.4) is 0 Å². The maximum absolute atomic E-state index is 12.3. The fourth-order valence-electron chi connectivity index (χ4n) is 2.65. The highest BCUT2D eigenvalue weighted by molar-refractivity contribution is 5.95. The van der Waals surface area contributed by atoms with Gasteiger partial charge in [0, 0.05) is 18.5 Å². The van der Waals surface area contributed by atoms with E-state index in [-0.39, 0.29) is 17.5 Å². The van der Waals surface area contributed by atoms with Gasteiger partial charge in [-0.2, -0.15) is 0 Å². The van der Waals surface area contributed by atoms with Gasteiger partial charge in [0.25, 0.3) is 5.91 Å². The van der Waals surface area contributed by atoms with E-state index in [1.807, 2.05) is 6.92 Å². The summed E-state index contributed by atoms with van der Waals surface area (Å²) in [5.41, 5.74) is 0.224. The Morgan fingerprint density at radius 3 is 2.79 bits per heavy atom. The van der Waals surface area contributed by atoms with Crippen LogP contribution in [0, 0.1) is 5.92 Å². The third-order valence-electron chi connectivity index (χ3n) is 3.94. The zero-order valence-electron chi connectivity index (χ0n) is 10.7. The molecule has 2 atom stereocenters. The number of aromatic nitrogens is 1. The van der Waals surface area contributed by atoms with Gasteiger partial charge in [-0.1, -0.05) is 12.1 Å². The van der Waals surface area contributed by atoms with Crippen LogP contribution in [0.2, 0.25) is 0 Å². The monoisotopic (exact) mass is 264 g/mol. The second-order valence-electron chi connectivity index (χ2n) is 5.44. The first kappa shape index (κ1) is 12.2. The maximum Gasteiger partial charge on any atom is 0.326 e. The topological polar surface area (TPSA) is 83.6 Å². The summed E-state index contributed by atoms with van der Waals surface area (Å²) in [4.78, 5) is 24.9. The molecule has 2 heterocycles. The Labute approximate surface area is 110 Å². The van der Waals surface area contributed by atoms with Gasteiger partial charge in [0.2, 0.25) is 0 Å². The Hall–Kier alpha value is -1.85. The van der Waals surface area contributed by atoms with Gasteiger partial charge in [-0.3, -0.25) is 4.79 Å². The van der Waals surface area contributed by atoms with E-state index in [1.54, 1.807) is 6.07 Å². The van der Waals surface area contributed by atoms with Gasteiger partial charge in [0.1, 0.15) is 11.8 Å². The SMILES string of the molecule is CC1CCN(C(=O)c2cc(C3CC3)on2)C1C(=O)O. The summed E-state index contributed by atoms with van der Waals surface area (Å²) in [5.74, 6) is -0.197. The average Bonchev–Trinajstić information content (AvgIpc) is 2.97. The molecule has 102 valence electrons. The number of aliphatic carboxylic acids is 1. The van der Waals surface area contributed by atoms with Crippen molar-refractivity contribution in [3.8, 4) is 0 Å². The molecule has 6 heteroatoms. The minimum Gasteiger partial charge on any atom is -0.480 e. The normalized spacial score (nSPS) is 26.7.